The zero-order valence-corrected chi connectivity index (χ0v) is 12.4. The third kappa shape index (κ3) is 2.50. The molecule has 1 aromatic carbocycles. The lowest BCUT2D eigenvalue weighted by Gasteiger charge is -2.20. The quantitative estimate of drug-likeness (QED) is 0.881. The lowest BCUT2D eigenvalue weighted by atomic mass is 9.99. The van der Waals surface area contributed by atoms with Crippen molar-refractivity contribution in [3.05, 3.63) is 23.5 Å². The first-order chi connectivity index (χ1) is 10.1. The SMILES string of the molecule is Cc1cc(N)cc(-c2nnnn2C(C)C2CCCC2)c1F. The van der Waals surface area contributed by atoms with Crippen molar-refractivity contribution in [2.75, 3.05) is 5.73 Å². The summed E-state index contributed by atoms with van der Waals surface area (Å²) in [5.41, 5.74) is 7.24. The molecule has 112 valence electrons. The van der Waals surface area contributed by atoms with Crippen LogP contribution in [-0.2, 0) is 0 Å². The number of aromatic nitrogens is 4. The second-order valence-corrected chi connectivity index (χ2v) is 5.93. The van der Waals surface area contributed by atoms with Gasteiger partial charge in [0.05, 0.1) is 11.6 Å². The van der Waals surface area contributed by atoms with Crippen LogP contribution in [0.4, 0.5) is 10.1 Å². The minimum absolute atomic E-state index is 0.165. The van der Waals surface area contributed by atoms with Crippen molar-refractivity contribution in [1.82, 2.24) is 20.2 Å². The summed E-state index contributed by atoms with van der Waals surface area (Å²) < 4.78 is 16.1. The molecule has 1 saturated carbocycles. The number of nitrogens with two attached hydrogens (primary N) is 1. The number of hydrogen-bond acceptors (Lipinski definition) is 4. The van der Waals surface area contributed by atoms with Gasteiger partial charge in [0.2, 0.25) is 0 Å². The Morgan fingerprint density at radius 1 is 1.33 bits per heavy atom. The fourth-order valence-electron chi connectivity index (χ4n) is 3.24. The molecule has 1 atom stereocenters. The molecule has 0 radical (unpaired) electrons. The Hall–Kier alpha value is -1.98. The third-order valence-corrected chi connectivity index (χ3v) is 4.48. The van der Waals surface area contributed by atoms with Gasteiger partial charge in [0.1, 0.15) is 5.82 Å². The van der Waals surface area contributed by atoms with E-state index in [-0.39, 0.29) is 11.9 Å². The number of aryl methyl sites for hydroxylation is 1. The van der Waals surface area contributed by atoms with Gasteiger partial charge in [-0.1, -0.05) is 12.8 Å². The van der Waals surface area contributed by atoms with Crippen molar-refractivity contribution in [2.45, 2.75) is 45.6 Å². The van der Waals surface area contributed by atoms with Crippen LogP contribution in [0.5, 0.6) is 0 Å². The van der Waals surface area contributed by atoms with Crippen LogP contribution < -0.4 is 5.73 Å². The first-order valence-electron chi connectivity index (χ1n) is 7.41. The Kier molecular flexibility index (Phi) is 3.61. The highest BCUT2D eigenvalue weighted by Crippen LogP contribution is 2.36. The second kappa shape index (κ2) is 5.42. The molecule has 0 spiro atoms. The Labute approximate surface area is 123 Å². The van der Waals surface area contributed by atoms with E-state index in [1.807, 2.05) is 0 Å². The van der Waals surface area contributed by atoms with E-state index in [1.165, 1.54) is 25.7 Å². The molecule has 5 nitrogen and oxygen atoms in total. The van der Waals surface area contributed by atoms with Crippen LogP contribution in [0.1, 0.15) is 44.2 Å². The first-order valence-corrected chi connectivity index (χ1v) is 7.41. The molecule has 0 bridgehead atoms. The van der Waals surface area contributed by atoms with Gasteiger partial charge in [-0.3, -0.25) is 0 Å². The second-order valence-electron chi connectivity index (χ2n) is 5.93. The molecule has 0 amide bonds. The highest BCUT2D eigenvalue weighted by atomic mass is 19.1. The van der Waals surface area contributed by atoms with Gasteiger partial charge in [0.25, 0.3) is 0 Å². The molecule has 1 aliphatic rings. The third-order valence-electron chi connectivity index (χ3n) is 4.48. The number of benzene rings is 1. The van der Waals surface area contributed by atoms with E-state index >= 15 is 0 Å². The number of anilines is 1. The standard InChI is InChI=1S/C15H20FN5/c1-9-7-12(17)8-13(14(9)16)15-18-19-20-21(15)10(2)11-5-3-4-6-11/h7-8,10-11H,3-6,17H2,1-2H3. The van der Waals surface area contributed by atoms with Crippen LogP contribution in [-0.4, -0.2) is 20.2 Å². The summed E-state index contributed by atoms with van der Waals surface area (Å²) in [5, 5.41) is 11.9. The number of rotatable bonds is 3. The van der Waals surface area contributed by atoms with Crippen molar-refractivity contribution >= 4 is 5.69 Å². The maximum Gasteiger partial charge on any atom is 0.185 e. The molecule has 1 fully saturated rings. The van der Waals surface area contributed by atoms with Crippen molar-refractivity contribution in [3.63, 3.8) is 0 Å². The Bertz CT molecular complexity index is 646. The maximum atomic E-state index is 14.4. The maximum absolute atomic E-state index is 14.4. The molecule has 0 saturated heterocycles. The summed E-state index contributed by atoms with van der Waals surface area (Å²) >= 11 is 0. The lowest BCUT2D eigenvalue weighted by Crippen LogP contribution is -2.17. The number of nitrogens with zero attached hydrogens (tertiary/aromatic N) is 4. The van der Waals surface area contributed by atoms with E-state index in [2.05, 4.69) is 22.4 Å². The summed E-state index contributed by atoms with van der Waals surface area (Å²) in [4.78, 5) is 0. The van der Waals surface area contributed by atoms with Gasteiger partial charge < -0.3 is 5.73 Å². The summed E-state index contributed by atoms with van der Waals surface area (Å²) in [6, 6.07) is 3.39. The molecular weight excluding hydrogens is 269 g/mol. The van der Waals surface area contributed by atoms with Gasteiger partial charge in [0, 0.05) is 5.69 Å². The van der Waals surface area contributed by atoms with E-state index in [0.717, 1.165) is 0 Å². The summed E-state index contributed by atoms with van der Waals surface area (Å²) in [6.07, 6.45) is 4.86. The average molecular weight is 289 g/mol. The highest BCUT2D eigenvalue weighted by molar-refractivity contribution is 5.63. The number of hydrogen-bond donors (Lipinski definition) is 1. The predicted molar refractivity (Wildman–Crippen MR) is 79.0 cm³/mol. The highest BCUT2D eigenvalue weighted by Gasteiger charge is 2.27. The lowest BCUT2D eigenvalue weighted by molar-refractivity contribution is 0.332. The van der Waals surface area contributed by atoms with E-state index < -0.39 is 0 Å². The molecule has 1 heterocycles. The van der Waals surface area contributed by atoms with E-state index in [4.69, 9.17) is 5.73 Å². The van der Waals surface area contributed by atoms with Crippen LogP contribution in [0.15, 0.2) is 12.1 Å². The molecule has 6 heteroatoms. The number of halogens is 1. The smallest absolute Gasteiger partial charge is 0.185 e. The molecular formula is C15H20FN5. The van der Waals surface area contributed by atoms with Gasteiger partial charge in [-0.05, 0) is 60.7 Å². The zero-order chi connectivity index (χ0) is 15.0. The Morgan fingerprint density at radius 2 is 2.05 bits per heavy atom. The van der Waals surface area contributed by atoms with Crippen molar-refractivity contribution in [1.29, 1.82) is 0 Å². The largest absolute Gasteiger partial charge is 0.399 e. The molecule has 2 N–H and O–H groups in total. The normalized spacial score (nSPS) is 17.3. The molecule has 1 aromatic heterocycles. The van der Waals surface area contributed by atoms with Crippen LogP contribution in [0.3, 0.4) is 0 Å². The fraction of sp³-hybridized carbons (Fsp3) is 0.533. The molecule has 3 rings (SSSR count). The van der Waals surface area contributed by atoms with Gasteiger partial charge >= 0.3 is 0 Å². The molecule has 2 aromatic rings. The Balaban J connectivity index is 2.03. The monoisotopic (exact) mass is 289 g/mol. The van der Waals surface area contributed by atoms with Gasteiger partial charge in [-0.25, -0.2) is 9.07 Å². The fourth-order valence-corrected chi connectivity index (χ4v) is 3.24. The average Bonchev–Trinajstić information content (AvgIpc) is 3.12. The van der Waals surface area contributed by atoms with Crippen LogP contribution >= 0.6 is 0 Å². The summed E-state index contributed by atoms with van der Waals surface area (Å²) in [5.74, 6) is 0.707. The van der Waals surface area contributed by atoms with E-state index in [1.54, 1.807) is 23.7 Å². The number of nitrogen functional groups attached to an aromatic ring is 1. The van der Waals surface area contributed by atoms with Gasteiger partial charge in [-0.2, -0.15) is 0 Å². The first kappa shape index (κ1) is 14.0. The van der Waals surface area contributed by atoms with Crippen molar-refractivity contribution < 1.29 is 4.39 Å². The molecule has 1 unspecified atom stereocenters. The molecule has 0 aliphatic heterocycles. The minimum Gasteiger partial charge on any atom is -0.399 e. The van der Waals surface area contributed by atoms with Gasteiger partial charge in [-0.15, -0.1) is 5.10 Å². The topological polar surface area (TPSA) is 69.6 Å². The Morgan fingerprint density at radius 3 is 2.76 bits per heavy atom. The predicted octanol–water partition coefficient (Wildman–Crippen LogP) is 3.12. The van der Waals surface area contributed by atoms with Gasteiger partial charge in [0.15, 0.2) is 5.82 Å². The van der Waals surface area contributed by atoms with Crippen LogP contribution in [0, 0.1) is 18.7 Å². The van der Waals surface area contributed by atoms with E-state index in [9.17, 15) is 4.39 Å². The van der Waals surface area contributed by atoms with Crippen molar-refractivity contribution in [2.24, 2.45) is 5.92 Å². The molecule has 21 heavy (non-hydrogen) atoms. The van der Waals surface area contributed by atoms with E-state index in [0.29, 0.717) is 28.6 Å². The van der Waals surface area contributed by atoms with Crippen LogP contribution in [0.2, 0.25) is 0 Å². The zero-order valence-electron chi connectivity index (χ0n) is 12.4. The summed E-state index contributed by atoms with van der Waals surface area (Å²) in [7, 11) is 0. The summed E-state index contributed by atoms with van der Waals surface area (Å²) in [6.45, 7) is 3.80. The van der Waals surface area contributed by atoms with Crippen LogP contribution in [0.25, 0.3) is 11.4 Å². The van der Waals surface area contributed by atoms with Crippen molar-refractivity contribution in [3.8, 4) is 11.4 Å². The minimum atomic E-state index is -0.307. The molecule has 1 aliphatic carbocycles. The number of tetrazole rings is 1.